The molecular formula is C26H29FN4O. The molecule has 0 radical (unpaired) electrons. The molecule has 1 aromatic carbocycles. The number of carbonyl (C=O) groups is 1. The van der Waals surface area contributed by atoms with Gasteiger partial charge in [0.25, 0.3) is 5.91 Å². The van der Waals surface area contributed by atoms with E-state index in [4.69, 9.17) is 0 Å². The summed E-state index contributed by atoms with van der Waals surface area (Å²) in [5.41, 5.74) is 6.98. The Morgan fingerprint density at radius 2 is 2.03 bits per heavy atom. The molecule has 5 nitrogen and oxygen atoms in total. The van der Waals surface area contributed by atoms with Crippen molar-refractivity contribution in [2.75, 3.05) is 13.1 Å². The standard InChI is InChI=1S/C26H29FN4O/c1-2-17(9-18-10-20-12-21(20)11-18)13-28-26(32)25-22-7-8-31(15-24(22)29-16-30-25)14-19-5-3-4-6-23(19)27/h3-6,16,18,20-21H,1,7-15H2,(H,28,32). The highest BCUT2D eigenvalue weighted by atomic mass is 19.1. The van der Waals surface area contributed by atoms with Crippen molar-refractivity contribution in [3.8, 4) is 0 Å². The predicted molar refractivity (Wildman–Crippen MR) is 120 cm³/mol. The topological polar surface area (TPSA) is 58.1 Å². The molecule has 2 unspecified atom stereocenters. The molecule has 1 N–H and O–H groups in total. The zero-order valence-corrected chi connectivity index (χ0v) is 18.3. The first-order valence-corrected chi connectivity index (χ1v) is 11.5. The second kappa shape index (κ2) is 8.97. The number of hydrogen-bond donors (Lipinski definition) is 1. The van der Waals surface area contributed by atoms with Gasteiger partial charge in [-0.2, -0.15) is 0 Å². The minimum Gasteiger partial charge on any atom is -0.346 e. The summed E-state index contributed by atoms with van der Waals surface area (Å²) in [7, 11) is 0. The number of halogens is 1. The van der Waals surface area contributed by atoms with Gasteiger partial charge >= 0.3 is 0 Å². The summed E-state index contributed by atoms with van der Waals surface area (Å²) in [6.45, 7) is 6.13. The van der Waals surface area contributed by atoms with Crippen LogP contribution >= 0.6 is 0 Å². The number of amides is 1. The first-order valence-electron chi connectivity index (χ1n) is 11.5. The lowest BCUT2D eigenvalue weighted by molar-refractivity contribution is 0.0948. The number of nitrogens with zero attached hydrogens (tertiary/aromatic N) is 3. The molecular weight excluding hydrogens is 403 g/mol. The predicted octanol–water partition coefficient (Wildman–Crippen LogP) is 4.05. The Bertz CT molecular complexity index is 1070. The van der Waals surface area contributed by atoms with Crippen molar-refractivity contribution >= 4 is 5.91 Å². The maximum atomic E-state index is 14.0. The lowest BCUT2D eigenvalue weighted by Gasteiger charge is -2.28. The van der Waals surface area contributed by atoms with E-state index in [-0.39, 0.29) is 11.7 Å². The number of benzene rings is 1. The molecule has 2 fully saturated rings. The maximum absolute atomic E-state index is 14.0. The Balaban J connectivity index is 1.20. The highest BCUT2D eigenvalue weighted by Gasteiger charge is 2.45. The van der Waals surface area contributed by atoms with Crippen LogP contribution in [0.4, 0.5) is 4.39 Å². The SMILES string of the molecule is C=C=C(CNC(=O)c1ncnc2c1CCN(Cc1ccccc1F)C2)CC1CC2CC2C1. The highest BCUT2D eigenvalue weighted by Crippen LogP contribution is 2.55. The molecule has 5 rings (SSSR count). The summed E-state index contributed by atoms with van der Waals surface area (Å²) in [5.74, 6) is 2.25. The van der Waals surface area contributed by atoms with Gasteiger partial charge in [0, 0.05) is 37.3 Å². The summed E-state index contributed by atoms with van der Waals surface area (Å²) in [6.07, 6.45) is 7.14. The lowest BCUT2D eigenvalue weighted by atomic mass is 9.95. The number of carbonyl (C=O) groups excluding carboxylic acids is 1. The lowest BCUT2D eigenvalue weighted by Crippen LogP contribution is -2.34. The monoisotopic (exact) mass is 432 g/mol. The third-order valence-corrected chi connectivity index (χ3v) is 7.24. The van der Waals surface area contributed by atoms with Gasteiger partial charge in [-0.15, -0.1) is 5.73 Å². The number of aromatic nitrogens is 2. The molecule has 3 aliphatic rings. The van der Waals surface area contributed by atoms with Gasteiger partial charge in [-0.3, -0.25) is 9.69 Å². The second-order valence-corrected chi connectivity index (χ2v) is 9.46. The molecule has 2 heterocycles. The molecule has 0 saturated heterocycles. The third kappa shape index (κ3) is 4.52. The molecule has 2 aliphatic carbocycles. The molecule has 32 heavy (non-hydrogen) atoms. The Morgan fingerprint density at radius 3 is 2.81 bits per heavy atom. The Labute approximate surface area is 188 Å². The quantitative estimate of drug-likeness (QED) is 0.671. The first-order chi connectivity index (χ1) is 15.6. The molecule has 6 heteroatoms. The van der Waals surface area contributed by atoms with Crippen LogP contribution in [0.3, 0.4) is 0 Å². The Morgan fingerprint density at radius 1 is 1.22 bits per heavy atom. The summed E-state index contributed by atoms with van der Waals surface area (Å²) < 4.78 is 14.0. The van der Waals surface area contributed by atoms with Crippen molar-refractivity contribution < 1.29 is 9.18 Å². The maximum Gasteiger partial charge on any atom is 0.270 e. The molecule has 0 spiro atoms. The van der Waals surface area contributed by atoms with Crippen LogP contribution in [0, 0.1) is 23.6 Å². The van der Waals surface area contributed by atoms with E-state index in [1.165, 1.54) is 31.7 Å². The van der Waals surface area contributed by atoms with Crippen molar-refractivity contribution in [1.82, 2.24) is 20.2 Å². The van der Waals surface area contributed by atoms with Gasteiger partial charge in [0.05, 0.1) is 5.69 Å². The Kier molecular flexibility index (Phi) is 5.90. The van der Waals surface area contributed by atoms with E-state index in [0.29, 0.717) is 43.2 Å². The van der Waals surface area contributed by atoms with E-state index < -0.39 is 0 Å². The minimum atomic E-state index is -0.193. The van der Waals surface area contributed by atoms with Gasteiger partial charge in [-0.25, -0.2) is 14.4 Å². The van der Waals surface area contributed by atoms with E-state index in [1.54, 1.807) is 6.07 Å². The van der Waals surface area contributed by atoms with Gasteiger partial charge in [-0.05, 0) is 61.5 Å². The van der Waals surface area contributed by atoms with E-state index in [2.05, 4.69) is 32.5 Å². The summed E-state index contributed by atoms with van der Waals surface area (Å²) in [6, 6.07) is 6.84. The number of hydrogen-bond acceptors (Lipinski definition) is 4. The summed E-state index contributed by atoms with van der Waals surface area (Å²) >= 11 is 0. The van der Waals surface area contributed by atoms with Gasteiger partial charge in [-0.1, -0.05) is 24.8 Å². The van der Waals surface area contributed by atoms with E-state index in [9.17, 15) is 9.18 Å². The Hall–Kier alpha value is -2.82. The summed E-state index contributed by atoms with van der Waals surface area (Å²) in [4.78, 5) is 23.8. The van der Waals surface area contributed by atoms with Crippen LogP contribution in [0.5, 0.6) is 0 Å². The number of rotatable bonds is 7. The average molecular weight is 433 g/mol. The van der Waals surface area contributed by atoms with Crippen LogP contribution in [-0.2, 0) is 19.5 Å². The van der Waals surface area contributed by atoms with E-state index >= 15 is 0 Å². The van der Waals surface area contributed by atoms with Crippen LogP contribution in [0.15, 0.2) is 48.5 Å². The zero-order valence-electron chi connectivity index (χ0n) is 18.3. The van der Waals surface area contributed by atoms with Crippen LogP contribution < -0.4 is 5.32 Å². The molecule has 2 aromatic rings. The van der Waals surface area contributed by atoms with Gasteiger partial charge in [0.15, 0.2) is 0 Å². The largest absolute Gasteiger partial charge is 0.346 e. The fraction of sp³-hybridized carbons (Fsp3) is 0.462. The minimum absolute atomic E-state index is 0.173. The van der Waals surface area contributed by atoms with Crippen molar-refractivity contribution in [3.63, 3.8) is 0 Å². The second-order valence-electron chi connectivity index (χ2n) is 9.46. The number of nitrogens with one attached hydrogen (secondary N) is 1. The van der Waals surface area contributed by atoms with E-state index in [0.717, 1.165) is 41.6 Å². The van der Waals surface area contributed by atoms with Crippen molar-refractivity contribution in [1.29, 1.82) is 0 Å². The van der Waals surface area contributed by atoms with Gasteiger partial charge in [0.2, 0.25) is 0 Å². The van der Waals surface area contributed by atoms with Crippen LogP contribution in [0.1, 0.15) is 53.0 Å². The third-order valence-electron chi connectivity index (χ3n) is 7.24. The molecule has 1 amide bonds. The molecule has 2 saturated carbocycles. The van der Waals surface area contributed by atoms with Crippen molar-refractivity contribution in [2.45, 2.75) is 45.2 Å². The highest BCUT2D eigenvalue weighted by molar-refractivity contribution is 5.94. The fourth-order valence-corrected chi connectivity index (χ4v) is 5.44. The first kappa shape index (κ1) is 21.0. The van der Waals surface area contributed by atoms with Crippen molar-refractivity contribution in [3.05, 3.63) is 76.8 Å². The molecule has 0 bridgehead atoms. The smallest absolute Gasteiger partial charge is 0.270 e. The average Bonchev–Trinajstić information content (AvgIpc) is 3.42. The molecule has 1 aliphatic heterocycles. The molecule has 1 aromatic heterocycles. The molecule has 166 valence electrons. The van der Waals surface area contributed by atoms with Gasteiger partial charge in [0.1, 0.15) is 17.8 Å². The number of fused-ring (bicyclic) bond motifs is 2. The van der Waals surface area contributed by atoms with Crippen LogP contribution in [0.2, 0.25) is 0 Å². The van der Waals surface area contributed by atoms with Crippen LogP contribution in [0.25, 0.3) is 0 Å². The summed E-state index contributed by atoms with van der Waals surface area (Å²) in [5, 5.41) is 3.02. The van der Waals surface area contributed by atoms with Gasteiger partial charge < -0.3 is 5.32 Å². The zero-order chi connectivity index (χ0) is 22.1. The van der Waals surface area contributed by atoms with E-state index in [1.807, 2.05) is 12.1 Å². The fourth-order valence-electron chi connectivity index (χ4n) is 5.44. The normalized spacial score (nSPS) is 23.7. The van der Waals surface area contributed by atoms with Crippen LogP contribution in [-0.4, -0.2) is 33.9 Å². The van der Waals surface area contributed by atoms with Crippen molar-refractivity contribution in [2.24, 2.45) is 17.8 Å². The molecule has 2 atom stereocenters.